The van der Waals surface area contributed by atoms with Gasteiger partial charge >= 0.3 is 14.2 Å². The third kappa shape index (κ3) is 7.88. The van der Waals surface area contributed by atoms with Crippen molar-refractivity contribution < 1.29 is 37.8 Å². The third-order valence-corrected chi connectivity index (χ3v) is 10.2. The molecule has 0 saturated carbocycles. The first-order chi connectivity index (χ1) is 23.3. The molecule has 5 rings (SSSR count). The summed E-state index contributed by atoms with van der Waals surface area (Å²) < 4.78 is 25.0. The first-order valence-corrected chi connectivity index (χ1v) is 16.8. The fraction of sp³-hybridized carbons (Fsp3) is 0.444. The number of benzene rings is 3. The van der Waals surface area contributed by atoms with Gasteiger partial charge in [0, 0.05) is 30.4 Å². The van der Waals surface area contributed by atoms with Gasteiger partial charge in [0.25, 0.3) is 11.8 Å². The van der Waals surface area contributed by atoms with E-state index in [1.54, 1.807) is 36.4 Å². The number of rotatable bonds is 12. The lowest BCUT2D eigenvalue weighted by atomic mass is 9.76. The molecule has 0 unspecified atom stereocenters. The zero-order chi connectivity index (χ0) is 36.6. The molecule has 0 bridgehead atoms. The predicted octanol–water partition coefficient (Wildman–Crippen LogP) is 3.27. The van der Waals surface area contributed by atoms with E-state index in [9.17, 15) is 19.2 Å². The van der Waals surface area contributed by atoms with E-state index >= 15 is 0 Å². The standard InChI is InChI=1S/C36H46B2N4O8/c1-33(2)34(3,4)48-37(47-33)27(19-29(39)43)42-32(46)26-16-15-24-17-22(13-14-25(24)18-26)21-36(7)35(5,6)49-38(50-36)28(20-30(40)44)41-31(45)23-11-9-8-10-12-23/h8-18,27-28H,19-21H2,1-7H3,(H2,39,43)(H2,40,44)(H,41,45)(H,42,46)/t27-,28-,36+/m0/s1. The smallest absolute Gasteiger partial charge is 0.402 e. The summed E-state index contributed by atoms with van der Waals surface area (Å²) in [5, 5.41) is 7.49. The van der Waals surface area contributed by atoms with Gasteiger partial charge in [-0.2, -0.15) is 0 Å². The Labute approximate surface area is 293 Å². The summed E-state index contributed by atoms with van der Waals surface area (Å²) in [6, 6.07) is 19.9. The number of nitrogens with one attached hydrogen (secondary N) is 2. The number of hydrogen-bond acceptors (Lipinski definition) is 8. The first-order valence-electron chi connectivity index (χ1n) is 16.8. The average Bonchev–Trinajstić information content (AvgIpc) is 3.40. The highest BCUT2D eigenvalue weighted by molar-refractivity contribution is 6.49. The molecule has 0 radical (unpaired) electrons. The van der Waals surface area contributed by atoms with Gasteiger partial charge < -0.3 is 40.7 Å². The molecule has 0 aliphatic carbocycles. The second-order valence-corrected chi connectivity index (χ2v) is 14.9. The number of hydrogen-bond donors (Lipinski definition) is 4. The van der Waals surface area contributed by atoms with E-state index in [0.717, 1.165) is 16.3 Å². The molecular formula is C36H46B2N4O8. The average molecular weight is 684 g/mol. The number of carbonyl (C=O) groups is 4. The monoisotopic (exact) mass is 684 g/mol. The largest absolute Gasteiger partial charge is 0.482 e. The fourth-order valence-corrected chi connectivity index (χ4v) is 6.20. The van der Waals surface area contributed by atoms with E-state index in [4.69, 9.17) is 30.1 Å². The molecule has 6 N–H and O–H groups in total. The van der Waals surface area contributed by atoms with Crippen molar-refractivity contribution in [3.05, 3.63) is 83.4 Å². The van der Waals surface area contributed by atoms with Crippen LogP contribution in [0.3, 0.4) is 0 Å². The van der Waals surface area contributed by atoms with E-state index in [-0.39, 0.29) is 18.7 Å². The SMILES string of the molecule is CC1(C)OB([C@H](CC(N)=O)NC(=O)c2ccc3cc(C[C@@]4(C)OB([C@H](CC(N)=O)NC(=O)c5ccccc5)OC4(C)C)ccc3c2)OC1(C)C. The molecule has 12 nitrogen and oxygen atoms in total. The topological polar surface area (TPSA) is 181 Å². The molecule has 14 heteroatoms. The zero-order valence-electron chi connectivity index (χ0n) is 29.7. The molecule has 0 spiro atoms. The summed E-state index contributed by atoms with van der Waals surface area (Å²) in [5.74, 6) is -3.53. The minimum atomic E-state index is -0.924. The normalized spacial score (nSPS) is 21.8. The summed E-state index contributed by atoms with van der Waals surface area (Å²) in [7, 11) is -1.77. The number of amides is 4. The van der Waals surface area contributed by atoms with Gasteiger partial charge in [-0.15, -0.1) is 0 Å². The molecule has 2 aliphatic heterocycles. The predicted molar refractivity (Wildman–Crippen MR) is 191 cm³/mol. The molecule has 2 fully saturated rings. The summed E-state index contributed by atoms with van der Waals surface area (Å²) in [4.78, 5) is 50.3. The maximum absolute atomic E-state index is 13.4. The molecule has 3 aromatic carbocycles. The molecule has 2 saturated heterocycles. The third-order valence-electron chi connectivity index (χ3n) is 10.2. The van der Waals surface area contributed by atoms with E-state index < -0.39 is 66.2 Å². The quantitative estimate of drug-likeness (QED) is 0.210. The van der Waals surface area contributed by atoms with Crippen molar-refractivity contribution in [2.24, 2.45) is 11.5 Å². The van der Waals surface area contributed by atoms with Gasteiger partial charge in [0.15, 0.2) is 0 Å². The van der Waals surface area contributed by atoms with Crippen molar-refractivity contribution in [2.75, 3.05) is 0 Å². The summed E-state index contributed by atoms with van der Waals surface area (Å²) in [6.45, 7) is 13.3. The van der Waals surface area contributed by atoms with Crippen molar-refractivity contribution >= 4 is 48.6 Å². The lowest BCUT2D eigenvalue weighted by molar-refractivity contribution is -0.119. The van der Waals surface area contributed by atoms with Crippen molar-refractivity contribution in [1.82, 2.24) is 10.6 Å². The Balaban J connectivity index is 1.30. The van der Waals surface area contributed by atoms with Crippen LogP contribution in [0.2, 0.25) is 0 Å². The Hall–Kier alpha value is -4.23. The van der Waals surface area contributed by atoms with Crippen molar-refractivity contribution in [3.8, 4) is 0 Å². The second-order valence-electron chi connectivity index (χ2n) is 14.9. The lowest BCUT2D eigenvalue weighted by Crippen LogP contribution is -2.50. The maximum Gasteiger partial charge on any atom is 0.482 e. The van der Waals surface area contributed by atoms with Gasteiger partial charge in [0.1, 0.15) is 0 Å². The summed E-state index contributed by atoms with van der Waals surface area (Å²) in [5.41, 5.74) is 9.91. The number of fused-ring (bicyclic) bond motifs is 1. The Bertz CT molecular complexity index is 1770. The number of nitrogens with two attached hydrogens (primary N) is 2. The number of carbonyl (C=O) groups excluding carboxylic acids is 4. The van der Waals surface area contributed by atoms with Crippen LogP contribution in [-0.2, 0) is 34.6 Å². The first kappa shape index (κ1) is 37.0. The molecule has 3 aromatic rings. The summed E-state index contributed by atoms with van der Waals surface area (Å²) in [6.07, 6.45) is 0.138. The zero-order valence-corrected chi connectivity index (χ0v) is 29.7. The van der Waals surface area contributed by atoms with Crippen LogP contribution in [0.4, 0.5) is 0 Å². The van der Waals surface area contributed by atoms with Crippen LogP contribution in [0.1, 0.15) is 87.6 Å². The molecule has 264 valence electrons. The van der Waals surface area contributed by atoms with Crippen molar-refractivity contribution in [3.63, 3.8) is 0 Å². The molecular weight excluding hydrogens is 638 g/mol. The van der Waals surface area contributed by atoms with Gasteiger partial charge in [-0.25, -0.2) is 0 Å². The molecule has 2 aliphatic rings. The Kier molecular flexibility index (Phi) is 10.2. The van der Waals surface area contributed by atoms with Crippen molar-refractivity contribution in [1.29, 1.82) is 0 Å². The van der Waals surface area contributed by atoms with Gasteiger partial charge in [-0.1, -0.05) is 42.5 Å². The lowest BCUT2D eigenvalue weighted by Gasteiger charge is -2.36. The molecule has 2 heterocycles. The Morgan fingerprint density at radius 1 is 0.620 bits per heavy atom. The van der Waals surface area contributed by atoms with Crippen LogP contribution < -0.4 is 22.1 Å². The Morgan fingerprint density at radius 2 is 1.10 bits per heavy atom. The van der Waals surface area contributed by atoms with Gasteiger partial charge in [0.2, 0.25) is 11.8 Å². The molecule has 0 aromatic heterocycles. The van der Waals surface area contributed by atoms with E-state index in [0.29, 0.717) is 17.5 Å². The van der Waals surface area contributed by atoms with Crippen LogP contribution in [-0.4, -0.2) is 72.2 Å². The minimum absolute atomic E-state index is 0.149. The molecule has 50 heavy (non-hydrogen) atoms. The molecule has 4 amide bonds. The van der Waals surface area contributed by atoms with E-state index in [1.807, 2.05) is 78.8 Å². The molecule has 3 atom stereocenters. The highest BCUT2D eigenvalue weighted by Gasteiger charge is 2.57. The van der Waals surface area contributed by atoms with E-state index in [1.165, 1.54) is 0 Å². The minimum Gasteiger partial charge on any atom is -0.402 e. The number of primary amides is 2. The van der Waals surface area contributed by atoms with Crippen LogP contribution in [0.5, 0.6) is 0 Å². The fourth-order valence-electron chi connectivity index (χ4n) is 6.20. The highest BCUT2D eigenvalue weighted by atomic mass is 16.7. The van der Waals surface area contributed by atoms with Gasteiger partial charge in [-0.05, 0) is 89.1 Å². The van der Waals surface area contributed by atoms with Crippen LogP contribution in [0.25, 0.3) is 10.8 Å². The highest BCUT2D eigenvalue weighted by Crippen LogP contribution is 2.41. The van der Waals surface area contributed by atoms with Crippen LogP contribution in [0, 0.1) is 0 Å². The Morgan fingerprint density at radius 3 is 1.66 bits per heavy atom. The summed E-state index contributed by atoms with van der Waals surface area (Å²) >= 11 is 0. The van der Waals surface area contributed by atoms with E-state index in [2.05, 4.69) is 10.6 Å². The maximum atomic E-state index is 13.4. The second kappa shape index (κ2) is 13.8. The van der Waals surface area contributed by atoms with Crippen molar-refractivity contribution in [2.45, 2.75) is 102 Å². The van der Waals surface area contributed by atoms with Gasteiger partial charge in [0.05, 0.1) is 34.3 Å². The van der Waals surface area contributed by atoms with Crippen LogP contribution >= 0.6 is 0 Å². The van der Waals surface area contributed by atoms with Crippen LogP contribution in [0.15, 0.2) is 66.7 Å². The van der Waals surface area contributed by atoms with Gasteiger partial charge in [-0.3, -0.25) is 19.2 Å².